The fraction of sp³-hybridized carbons (Fsp3) is 0.400. The summed E-state index contributed by atoms with van der Waals surface area (Å²) in [6, 6.07) is -0.746. The van der Waals surface area contributed by atoms with Crippen LogP contribution in [0.4, 0.5) is 38.4 Å². The summed E-state index contributed by atoms with van der Waals surface area (Å²) in [5, 5.41) is 15.5. The second-order valence-corrected chi connectivity index (χ2v) is 11.1. The molecule has 3 N–H and O–H groups in total. The summed E-state index contributed by atoms with van der Waals surface area (Å²) >= 11 is 0. The Hall–Kier alpha value is -5.27. The van der Waals surface area contributed by atoms with Crippen molar-refractivity contribution in [2.45, 2.75) is 38.4 Å². The van der Waals surface area contributed by atoms with Crippen LogP contribution in [-0.4, -0.2) is 71.6 Å². The van der Waals surface area contributed by atoms with Gasteiger partial charge in [-0.15, -0.1) is 0 Å². The molecule has 17 heteroatoms. The molecule has 0 unspecified atom stereocenters. The molecule has 2 aromatic heterocycles. The molecule has 12 nitrogen and oxygen atoms in total. The third kappa shape index (κ3) is 7.94. The zero-order valence-electron chi connectivity index (χ0n) is 25.0. The summed E-state index contributed by atoms with van der Waals surface area (Å²) in [4.78, 5) is 49.0. The Balaban J connectivity index is 1.12. The average Bonchev–Trinajstić information content (AvgIpc) is 3.80. The monoisotopic (exact) mass is 660 g/mol. The number of urea groups is 1. The van der Waals surface area contributed by atoms with Crippen molar-refractivity contribution in [3.8, 4) is 6.07 Å². The molecular formula is C30H29F5N8O4. The molecule has 0 bridgehead atoms. The molecule has 1 aromatic carbocycles. The predicted octanol–water partition coefficient (Wildman–Crippen LogP) is 4.25. The first kappa shape index (κ1) is 33.1. The molecule has 1 aliphatic carbocycles. The lowest BCUT2D eigenvalue weighted by molar-refractivity contribution is -0.158. The van der Waals surface area contributed by atoms with E-state index in [0.717, 1.165) is 18.9 Å². The van der Waals surface area contributed by atoms with Gasteiger partial charge in [0.05, 0.1) is 18.1 Å². The molecule has 1 saturated carbocycles. The van der Waals surface area contributed by atoms with Crippen molar-refractivity contribution in [3.63, 3.8) is 0 Å². The van der Waals surface area contributed by atoms with Crippen molar-refractivity contribution in [1.29, 1.82) is 5.26 Å². The lowest BCUT2D eigenvalue weighted by Crippen LogP contribution is -2.49. The minimum atomic E-state index is -5.05. The second-order valence-electron chi connectivity index (χ2n) is 11.1. The number of aryl methyl sites for hydroxylation is 1. The molecule has 2 aliphatic rings. The van der Waals surface area contributed by atoms with E-state index in [1.54, 1.807) is 21.2 Å². The van der Waals surface area contributed by atoms with Crippen LogP contribution in [0.2, 0.25) is 0 Å². The molecule has 2 fully saturated rings. The SMILES string of the molecule is Cc1c([C@@H](NC(=O)Nc2cnc(N3CCN(C(=O)CCNC(=O)/C(C#N)=C/C4CC4)CC3)nc2)C(F)(F)F)oc2c(F)cc(F)cc12. The highest BCUT2D eigenvalue weighted by atomic mass is 19.4. The van der Waals surface area contributed by atoms with Crippen LogP contribution in [0, 0.1) is 35.8 Å². The number of carbonyl (C=O) groups is 3. The van der Waals surface area contributed by atoms with Crippen LogP contribution in [-0.2, 0) is 9.59 Å². The topological polar surface area (TPSA) is 156 Å². The lowest BCUT2D eigenvalue weighted by Gasteiger charge is -2.34. The van der Waals surface area contributed by atoms with Gasteiger partial charge < -0.3 is 30.2 Å². The summed E-state index contributed by atoms with van der Waals surface area (Å²) in [6.07, 6.45) is 0.978. The second kappa shape index (κ2) is 13.6. The van der Waals surface area contributed by atoms with Gasteiger partial charge in [0, 0.05) is 56.2 Å². The van der Waals surface area contributed by atoms with E-state index in [0.29, 0.717) is 32.2 Å². The Morgan fingerprint density at radius 1 is 1.13 bits per heavy atom. The maximum absolute atomic E-state index is 14.1. The standard InChI is InChI=1S/C30H29F5N8O4/c1-16-21-11-19(31)12-22(32)25(21)47-24(16)26(30(33,34)35)41-29(46)40-20-14-38-28(39-15-20)43-8-6-42(7-9-43)23(44)4-5-37-27(45)18(13-36)10-17-2-3-17/h10-12,14-15,17,26H,2-9H2,1H3,(H,37,45)(H2,40,41,46)/b18-10+/t26-/m1/s1. The number of fused-ring (bicyclic) bond motifs is 1. The number of allylic oxidation sites excluding steroid dienone is 1. The van der Waals surface area contributed by atoms with E-state index in [-0.39, 0.29) is 52.9 Å². The molecule has 1 saturated heterocycles. The summed E-state index contributed by atoms with van der Waals surface area (Å²) in [5.41, 5.74) is -0.729. The normalized spacial score (nSPS) is 16.1. The molecule has 1 atom stereocenters. The number of hydrogen-bond donors (Lipinski definition) is 3. The van der Waals surface area contributed by atoms with E-state index in [2.05, 4.69) is 20.6 Å². The van der Waals surface area contributed by atoms with Gasteiger partial charge in [0.15, 0.2) is 17.4 Å². The number of piperazine rings is 1. The van der Waals surface area contributed by atoms with Gasteiger partial charge in [-0.05, 0) is 31.7 Å². The number of alkyl halides is 3. The Labute approximate surface area is 264 Å². The van der Waals surface area contributed by atoms with Crippen LogP contribution in [0.5, 0.6) is 0 Å². The van der Waals surface area contributed by atoms with Crippen LogP contribution in [0.1, 0.15) is 36.6 Å². The van der Waals surface area contributed by atoms with Crippen LogP contribution >= 0.6 is 0 Å². The highest BCUT2D eigenvalue weighted by Crippen LogP contribution is 2.39. The molecule has 4 amide bonds. The predicted molar refractivity (Wildman–Crippen MR) is 157 cm³/mol. The summed E-state index contributed by atoms with van der Waals surface area (Å²) < 4.78 is 74.7. The zero-order chi connectivity index (χ0) is 33.9. The van der Waals surface area contributed by atoms with Crippen molar-refractivity contribution >= 4 is 40.5 Å². The van der Waals surface area contributed by atoms with E-state index in [4.69, 9.17) is 9.68 Å². The molecule has 47 heavy (non-hydrogen) atoms. The van der Waals surface area contributed by atoms with Gasteiger partial charge in [-0.1, -0.05) is 6.08 Å². The van der Waals surface area contributed by atoms with E-state index >= 15 is 0 Å². The molecule has 0 radical (unpaired) electrons. The first-order valence-electron chi connectivity index (χ1n) is 14.6. The van der Waals surface area contributed by atoms with Gasteiger partial charge in [-0.2, -0.15) is 18.4 Å². The number of nitriles is 1. The summed E-state index contributed by atoms with van der Waals surface area (Å²) in [5.74, 6) is -3.11. The number of aromatic nitrogens is 2. The largest absolute Gasteiger partial charge is 0.455 e. The number of carbonyl (C=O) groups excluding carboxylic acids is 3. The van der Waals surface area contributed by atoms with E-state index in [9.17, 15) is 36.3 Å². The van der Waals surface area contributed by atoms with Gasteiger partial charge in [0.25, 0.3) is 5.91 Å². The van der Waals surface area contributed by atoms with Crippen molar-refractivity contribution in [2.75, 3.05) is 42.9 Å². The Morgan fingerprint density at radius 3 is 2.43 bits per heavy atom. The number of nitrogens with one attached hydrogen (secondary N) is 3. The van der Waals surface area contributed by atoms with Gasteiger partial charge in [0.2, 0.25) is 11.9 Å². The number of halogens is 5. The third-order valence-electron chi connectivity index (χ3n) is 7.68. The number of hydrogen-bond acceptors (Lipinski definition) is 8. The third-order valence-corrected chi connectivity index (χ3v) is 7.68. The highest BCUT2D eigenvalue weighted by Gasteiger charge is 2.45. The van der Waals surface area contributed by atoms with Crippen molar-refractivity contribution in [1.82, 2.24) is 25.5 Å². The molecule has 1 aliphatic heterocycles. The number of amides is 4. The van der Waals surface area contributed by atoms with E-state index in [1.807, 2.05) is 6.07 Å². The smallest absolute Gasteiger partial charge is 0.416 e. The molecule has 3 heterocycles. The van der Waals surface area contributed by atoms with Gasteiger partial charge >= 0.3 is 12.2 Å². The van der Waals surface area contributed by atoms with Crippen LogP contribution in [0.25, 0.3) is 11.0 Å². The van der Waals surface area contributed by atoms with E-state index < -0.39 is 47.1 Å². The van der Waals surface area contributed by atoms with Gasteiger partial charge in [-0.3, -0.25) is 9.59 Å². The minimum absolute atomic E-state index is 0.0241. The Kier molecular flexibility index (Phi) is 9.59. The van der Waals surface area contributed by atoms with E-state index in [1.165, 1.54) is 19.3 Å². The van der Waals surface area contributed by atoms with Crippen LogP contribution in [0.15, 0.2) is 40.6 Å². The minimum Gasteiger partial charge on any atom is -0.455 e. The number of nitrogens with zero attached hydrogens (tertiary/aromatic N) is 5. The summed E-state index contributed by atoms with van der Waals surface area (Å²) in [7, 11) is 0. The maximum Gasteiger partial charge on any atom is 0.416 e. The molecule has 3 aromatic rings. The summed E-state index contributed by atoms with van der Waals surface area (Å²) in [6.45, 7) is 2.74. The molecule has 5 rings (SSSR count). The van der Waals surface area contributed by atoms with Gasteiger partial charge in [-0.25, -0.2) is 23.5 Å². The number of anilines is 2. The molecule has 248 valence electrons. The van der Waals surface area contributed by atoms with Crippen LogP contribution < -0.4 is 20.9 Å². The Bertz CT molecular complexity index is 1740. The molecule has 0 spiro atoms. The number of rotatable bonds is 9. The number of benzene rings is 1. The highest BCUT2D eigenvalue weighted by molar-refractivity contribution is 5.97. The zero-order valence-corrected chi connectivity index (χ0v) is 25.0. The fourth-order valence-electron chi connectivity index (χ4n) is 5.04. The van der Waals surface area contributed by atoms with Crippen molar-refractivity contribution in [2.24, 2.45) is 5.92 Å². The fourth-order valence-corrected chi connectivity index (χ4v) is 5.04. The molecular weight excluding hydrogens is 631 g/mol. The Morgan fingerprint density at radius 2 is 1.81 bits per heavy atom. The van der Waals surface area contributed by atoms with Crippen LogP contribution in [0.3, 0.4) is 0 Å². The quantitative estimate of drug-likeness (QED) is 0.175. The van der Waals surface area contributed by atoms with Gasteiger partial charge in [0.1, 0.15) is 23.2 Å². The number of furan rings is 1. The first-order valence-corrected chi connectivity index (χ1v) is 14.6. The lowest BCUT2D eigenvalue weighted by atomic mass is 10.1. The van der Waals surface area contributed by atoms with Crippen molar-refractivity contribution in [3.05, 3.63) is 59.1 Å². The maximum atomic E-state index is 14.1. The average molecular weight is 661 g/mol. The first-order chi connectivity index (χ1) is 22.3. The van der Waals surface area contributed by atoms with Crippen molar-refractivity contribution < 1.29 is 40.8 Å².